The van der Waals surface area contributed by atoms with Gasteiger partial charge in [0.05, 0.1) is 17.5 Å². The number of aromatic nitrogens is 1. The van der Waals surface area contributed by atoms with Gasteiger partial charge in [-0.1, -0.05) is 18.2 Å². The zero-order valence-electron chi connectivity index (χ0n) is 11.5. The van der Waals surface area contributed by atoms with Gasteiger partial charge in [-0.15, -0.1) is 0 Å². The Kier molecular flexibility index (Phi) is 3.56. The summed E-state index contributed by atoms with van der Waals surface area (Å²) >= 11 is 0. The molecule has 5 heteroatoms. The number of nitrogens with zero attached hydrogens (tertiary/aromatic N) is 1. The predicted octanol–water partition coefficient (Wildman–Crippen LogP) is 2.32. The fourth-order valence-corrected chi connectivity index (χ4v) is 2.35. The molecule has 1 aliphatic carbocycles. The number of hydrogen-bond donors (Lipinski definition) is 2. The highest BCUT2D eigenvalue weighted by atomic mass is 16.4. The molecule has 2 N–H and O–H groups in total. The molecule has 3 rings (SSSR count). The summed E-state index contributed by atoms with van der Waals surface area (Å²) in [5.74, 6) is -0.703. The number of carboxylic acid groups (broad SMARTS) is 1. The third kappa shape index (κ3) is 3.02. The van der Waals surface area contributed by atoms with Crippen LogP contribution in [-0.4, -0.2) is 28.5 Å². The van der Waals surface area contributed by atoms with Gasteiger partial charge in [-0.3, -0.25) is 14.6 Å². The maximum absolute atomic E-state index is 12.3. The van der Waals surface area contributed by atoms with Crippen molar-refractivity contribution in [3.63, 3.8) is 0 Å². The molecular formula is C16H16N2O3. The normalized spacial score (nSPS) is 14.1. The minimum atomic E-state index is -0.923. The van der Waals surface area contributed by atoms with Gasteiger partial charge in [-0.2, -0.15) is 0 Å². The van der Waals surface area contributed by atoms with Crippen LogP contribution in [0.5, 0.6) is 0 Å². The summed E-state index contributed by atoms with van der Waals surface area (Å²) in [6.45, 7) is 0.129. The van der Waals surface area contributed by atoms with Crippen LogP contribution in [-0.2, 0) is 4.79 Å². The number of fused-ring (bicyclic) bond motifs is 1. The Hall–Kier alpha value is -2.43. The van der Waals surface area contributed by atoms with E-state index in [1.807, 2.05) is 30.3 Å². The molecule has 0 radical (unpaired) electrons. The highest BCUT2D eigenvalue weighted by Crippen LogP contribution is 2.40. The first kappa shape index (κ1) is 13.5. The first-order chi connectivity index (χ1) is 10.1. The van der Waals surface area contributed by atoms with Crippen LogP contribution in [0.1, 0.15) is 41.2 Å². The lowest BCUT2D eigenvalue weighted by Crippen LogP contribution is -2.26. The standard InChI is InChI=1S/C16H16N2O3/c19-15(20)7-8-17-16(21)12-9-14(10-5-6-10)18-13-4-2-1-3-11(12)13/h1-4,9-10H,5-8H2,(H,17,21)(H,19,20). The van der Waals surface area contributed by atoms with Crippen molar-refractivity contribution in [2.75, 3.05) is 6.54 Å². The molecule has 2 aromatic rings. The minimum absolute atomic E-state index is 0.0791. The van der Waals surface area contributed by atoms with Crippen LogP contribution in [0.4, 0.5) is 0 Å². The highest BCUT2D eigenvalue weighted by Gasteiger charge is 2.26. The number of carboxylic acids is 1. The van der Waals surface area contributed by atoms with Crippen molar-refractivity contribution in [2.45, 2.75) is 25.2 Å². The molecule has 1 saturated carbocycles. The molecule has 1 fully saturated rings. The summed E-state index contributed by atoms with van der Waals surface area (Å²) in [6, 6.07) is 9.38. The number of rotatable bonds is 5. The van der Waals surface area contributed by atoms with Gasteiger partial charge in [-0.25, -0.2) is 0 Å². The highest BCUT2D eigenvalue weighted by molar-refractivity contribution is 6.06. The van der Waals surface area contributed by atoms with Gasteiger partial charge in [0, 0.05) is 23.5 Å². The average Bonchev–Trinajstić information content (AvgIpc) is 3.30. The van der Waals surface area contributed by atoms with E-state index < -0.39 is 5.97 Å². The number of carbonyl (C=O) groups is 2. The molecule has 0 aliphatic heterocycles. The van der Waals surface area contributed by atoms with E-state index in [4.69, 9.17) is 5.11 Å². The Labute approximate surface area is 122 Å². The molecule has 0 atom stereocenters. The Morgan fingerprint density at radius 1 is 1.29 bits per heavy atom. The monoisotopic (exact) mass is 284 g/mol. The first-order valence-corrected chi connectivity index (χ1v) is 7.05. The fraction of sp³-hybridized carbons (Fsp3) is 0.312. The molecule has 0 unspecified atom stereocenters. The van der Waals surface area contributed by atoms with Crippen LogP contribution >= 0.6 is 0 Å². The number of benzene rings is 1. The van der Waals surface area contributed by atoms with Crippen LogP contribution in [0, 0.1) is 0 Å². The number of para-hydroxylation sites is 1. The van der Waals surface area contributed by atoms with Crippen molar-refractivity contribution < 1.29 is 14.7 Å². The third-order valence-electron chi connectivity index (χ3n) is 3.60. The third-order valence-corrected chi connectivity index (χ3v) is 3.60. The number of nitrogens with one attached hydrogen (secondary N) is 1. The fourth-order valence-electron chi connectivity index (χ4n) is 2.35. The second-order valence-electron chi connectivity index (χ2n) is 5.29. The molecule has 5 nitrogen and oxygen atoms in total. The Balaban J connectivity index is 1.91. The number of aliphatic carboxylic acids is 1. The van der Waals surface area contributed by atoms with E-state index in [2.05, 4.69) is 10.3 Å². The summed E-state index contributed by atoms with van der Waals surface area (Å²) in [5.41, 5.74) is 2.34. The lowest BCUT2D eigenvalue weighted by molar-refractivity contribution is -0.136. The zero-order chi connectivity index (χ0) is 14.8. The van der Waals surface area contributed by atoms with Crippen molar-refractivity contribution in [2.24, 2.45) is 0 Å². The van der Waals surface area contributed by atoms with E-state index in [1.54, 1.807) is 0 Å². The largest absolute Gasteiger partial charge is 0.481 e. The number of carbonyl (C=O) groups excluding carboxylic acids is 1. The maximum Gasteiger partial charge on any atom is 0.305 e. The second-order valence-corrected chi connectivity index (χ2v) is 5.29. The lowest BCUT2D eigenvalue weighted by Gasteiger charge is -2.09. The van der Waals surface area contributed by atoms with Crippen LogP contribution in [0.15, 0.2) is 30.3 Å². The molecule has 108 valence electrons. The van der Waals surface area contributed by atoms with Gasteiger partial charge >= 0.3 is 5.97 Å². The quantitative estimate of drug-likeness (QED) is 0.883. The maximum atomic E-state index is 12.3. The van der Waals surface area contributed by atoms with Crippen LogP contribution in [0.25, 0.3) is 10.9 Å². The summed E-state index contributed by atoms with van der Waals surface area (Å²) < 4.78 is 0. The van der Waals surface area contributed by atoms with E-state index >= 15 is 0 Å². The summed E-state index contributed by atoms with van der Waals surface area (Å²) in [5, 5.41) is 12.1. The minimum Gasteiger partial charge on any atom is -0.481 e. The number of hydrogen-bond acceptors (Lipinski definition) is 3. The SMILES string of the molecule is O=C(O)CCNC(=O)c1cc(C2CC2)nc2ccccc12. The Morgan fingerprint density at radius 3 is 2.76 bits per heavy atom. The van der Waals surface area contributed by atoms with E-state index in [1.165, 1.54) is 0 Å². The van der Waals surface area contributed by atoms with E-state index in [9.17, 15) is 9.59 Å². The number of amides is 1. The van der Waals surface area contributed by atoms with Crippen molar-refractivity contribution >= 4 is 22.8 Å². The van der Waals surface area contributed by atoms with Gasteiger partial charge in [0.15, 0.2) is 0 Å². The molecule has 1 aromatic carbocycles. The first-order valence-electron chi connectivity index (χ1n) is 7.05. The zero-order valence-corrected chi connectivity index (χ0v) is 11.5. The summed E-state index contributed by atoms with van der Waals surface area (Å²) in [7, 11) is 0. The molecular weight excluding hydrogens is 268 g/mol. The molecule has 1 aliphatic rings. The molecule has 1 amide bonds. The van der Waals surface area contributed by atoms with Crippen LogP contribution in [0.2, 0.25) is 0 Å². The Bertz CT molecular complexity index is 708. The Morgan fingerprint density at radius 2 is 2.05 bits per heavy atom. The van der Waals surface area contributed by atoms with Gasteiger partial charge in [0.25, 0.3) is 5.91 Å². The molecule has 21 heavy (non-hydrogen) atoms. The molecule has 0 spiro atoms. The van der Waals surface area contributed by atoms with Crippen LogP contribution < -0.4 is 5.32 Å². The van der Waals surface area contributed by atoms with Crippen molar-refractivity contribution in [3.8, 4) is 0 Å². The summed E-state index contributed by atoms with van der Waals surface area (Å²) in [4.78, 5) is 27.4. The second kappa shape index (κ2) is 5.52. The lowest BCUT2D eigenvalue weighted by atomic mass is 10.1. The summed E-state index contributed by atoms with van der Waals surface area (Å²) in [6.07, 6.45) is 2.15. The molecule has 1 heterocycles. The van der Waals surface area contributed by atoms with Gasteiger partial charge in [0.1, 0.15) is 0 Å². The van der Waals surface area contributed by atoms with Crippen molar-refractivity contribution in [3.05, 3.63) is 41.6 Å². The van der Waals surface area contributed by atoms with E-state index in [0.717, 1.165) is 29.4 Å². The smallest absolute Gasteiger partial charge is 0.305 e. The van der Waals surface area contributed by atoms with Crippen LogP contribution in [0.3, 0.4) is 0 Å². The number of pyridine rings is 1. The van der Waals surface area contributed by atoms with Crippen molar-refractivity contribution in [1.29, 1.82) is 0 Å². The average molecular weight is 284 g/mol. The molecule has 0 bridgehead atoms. The van der Waals surface area contributed by atoms with E-state index in [0.29, 0.717) is 11.5 Å². The molecule has 1 aromatic heterocycles. The molecule has 0 saturated heterocycles. The van der Waals surface area contributed by atoms with Crippen molar-refractivity contribution in [1.82, 2.24) is 10.3 Å². The topological polar surface area (TPSA) is 79.3 Å². The van der Waals surface area contributed by atoms with E-state index in [-0.39, 0.29) is 18.9 Å². The van der Waals surface area contributed by atoms with Gasteiger partial charge in [0.2, 0.25) is 0 Å². The predicted molar refractivity (Wildman–Crippen MR) is 78.3 cm³/mol. The van der Waals surface area contributed by atoms with Gasteiger partial charge < -0.3 is 10.4 Å². The van der Waals surface area contributed by atoms with Gasteiger partial charge in [-0.05, 0) is 25.0 Å².